The number of hydrogen-bond donors (Lipinski definition) is 2. The Balaban J connectivity index is 2.56. The number of aromatic nitrogens is 2. The lowest BCUT2D eigenvalue weighted by Gasteiger charge is -2.11. The Morgan fingerprint density at radius 3 is 3.00 bits per heavy atom. The second-order valence-electron chi connectivity index (χ2n) is 3.19. The van der Waals surface area contributed by atoms with E-state index in [1.54, 1.807) is 10.9 Å². The fourth-order valence-corrected chi connectivity index (χ4v) is 1.20. The molecular formula is C9H15N3OS. The van der Waals surface area contributed by atoms with E-state index in [9.17, 15) is 4.79 Å². The van der Waals surface area contributed by atoms with E-state index in [4.69, 9.17) is 0 Å². The van der Waals surface area contributed by atoms with Gasteiger partial charge in [0.15, 0.2) is 0 Å². The van der Waals surface area contributed by atoms with Crippen LogP contribution in [0.5, 0.6) is 0 Å². The van der Waals surface area contributed by atoms with Gasteiger partial charge in [0.05, 0.1) is 6.20 Å². The van der Waals surface area contributed by atoms with E-state index in [1.165, 1.54) is 0 Å². The van der Waals surface area contributed by atoms with Crippen LogP contribution >= 0.6 is 12.6 Å². The van der Waals surface area contributed by atoms with Gasteiger partial charge in [-0.1, -0.05) is 0 Å². The maximum absolute atomic E-state index is 11.5. The fraction of sp³-hybridized carbons (Fsp3) is 0.556. The van der Waals surface area contributed by atoms with Crippen molar-refractivity contribution in [2.75, 3.05) is 12.3 Å². The Morgan fingerprint density at radius 1 is 1.79 bits per heavy atom. The summed E-state index contributed by atoms with van der Waals surface area (Å²) in [6, 6.07) is -0.261. The van der Waals surface area contributed by atoms with Crippen LogP contribution in [0.15, 0.2) is 12.4 Å². The van der Waals surface area contributed by atoms with Crippen LogP contribution in [0.25, 0.3) is 0 Å². The number of rotatable bonds is 4. The van der Waals surface area contributed by atoms with Crippen LogP contribution in [0.2, 0.25) is 0 Å². The Bertz CT molecular complexity index is 311. The highest BCUT2D eigenvalue weighted by molar-refractivity contribution is 7.80. The molecule has 0 aliphatic heterocycles. The van der Waals surface area contributed by atoms with E-state index >= 15 is 0 Å². The number of nitrogens with zero attached hydrogens (tertiary/aromatic N) is 2. The van der Waals surface area contributed by atoms with Gasteiger partial charge < -0.3 is 5.32 Å². The number of carbonyl (C=O) groups is 1. The monoisotopic (exact) mass is 213 g/mol. The molecule has 5 heteroatoms. The highest BCUT2D eigenvalue weighted by Crippen LogP contribution is 2.05. The maximum atomic E-state index is 11.5. The minimum absolute atomic E-state index is 0.0258. The third kappa shape index (κ3) is 2.77. The molecule has 0 aliphatic rings. The van der Waals surface area contributed by atoms with Crippen molar-refractivity contribution in [1.29, 1.82) is 0 Å². The topological polar surface area (TPSA) is 46.9 Å². The summed E-state index contributed by atoms with van der Waals surface area (Å²) in [7, 11) is 0. The van der Waals surface area contributed by atoms with Crippen molar-refractivity contribution in [1.82, 2.24) is 15.1 Å². The van der Waals surface area contributed by atoms with Crippen molar-refractivity contribution in [2.24, 2.45) is 0 Å². The third-order valence-electron chi connectivity index (χ3n) is 1.92. The van der Waals surface area contributed by atoms with Crippen LogP contribution in [-0.2, 0) is 4.79 Å². The van der Waals surface area contributed by atoms with Gasteiger partial charge in [-0.2, -0.15) is 17.7 Å². The average molecular weight is 213 g/mol. The zero-order valence-corrected chi connectivity index (χ0v) is 9.29. The summed E-state index contributed by atoms with van der Waals surface area (Å²) in [5, 5.41) is 6.85. The first-order valence-electron chi connectivity index (χ1n) is 4.54. The number of amides is 1. The molecule has 1 amide bonds. The number of thiol groups is 1. The van der Waals surface area contributed by atoms with Gasteiger partial charge in [0.2, 0.25) is 5.91 Å². The molecule has 0 fully saturated rings. The second-order valence-corrected chi connectivity index (χ2v) is 3.64. The molecule has 14 heavy (non-hydrogen) atoms. The molecule has 0 saturated carbocycles. The van der Waals surface area contributed by atoms with Crippen LogP contribution < -0.4 is 5.32 Å². The molecule has 1 aromatic heterocycles. The summed E-state index contributed by atoms with van der Waals surface area (Å²) < 4.78 is 1.66. The number of nitrogens with one attached hydrogen (secondary N) is 1. The molecule has 0 bridgehead atoms. The summed E-state index contributed by atoms with van der Waals surface area (Å²) in [5.41, 5.74) is 1.05. The lowest BCUT2D eigenvalue weighted by molar-refractivity contribution is -0.124. The average Bonchev–Trinajstić information content (AvgIpc) is 2.60. The Morgan fingerprint density at radius 2 is 2.50 bits per heavy atom. The molecular weight excluding hydrogens is 198 g/mol. The first-order chi connectivity index (χ1) is 6.65. The number of hydrogen-bond acceptors (Lipinski definition) is 3. The van der Waals surface area contributed by atoms with Gasteiger partial charge in [0, 0.05) is 18.5 Å². The van der Waals surface area contributed by atoms with E-state index in [-0.39, 0.29) is 11.9 Å². The van der Waals surface area contributed by atoms with E-state index in [0.29, 0.717) is 12.3 Å². The zero-order chi connectivity index (χ0) is 10.6. The molecule has 0 saturated heterocycles. The molecule has 1 N–H and O–H groups in total. The SMILES string of the molecule is Cc1cnn(C(C)C(=O)NCCS)c1. The Labute approximate surface area is 89.1 Å². The van der Waals surface area contributed by atoms with Crippen LogP contribution in [0.1, 0.15) is 18.5 Å². The summed E-state index contributed by atoms with van der Waals surface area (Å²) in [6.07, 6.45) is 3.59. The molecule has 0 aromatic carbocycles. The van der Waals surface area contributed by atoms with Gasteiger partial charge in [0.25, 0.3) is 0 Å². The van der Waals surface area contributed by atoms with Crippen LogP contribution in [0.3, 0.4) is 0 Å². The first kappa shape index (κ1) is 11.1. The predicted molar refractivity (Wildman–Crippen MR) is 58.5 cm³/mol. The Kier molecular flexibility index (Phi) is 4.00. The van der Waals surface area contributed by atoms with Gasteiger partial charge >= 0.3 is 0 Å². The van der Waals surface area contributed by atoms with Crippen molar-refractivity contribution in [3.63, 3.8) is 0 Å². The standard InChI is InChI=1S/C9H15N3OS/c1-7-5-11-12(6-7)8(2)9(13)10-3-4-14/h5-6,8,14H,3-4H2,1-2H3,(H,10,13). The van der Waals surface area contributed by atoms with Gasteiger partial charge in [-0.15, -0.1) is 0 Å². The minimum Gasteiger partial charge on any atom is -0.353 e. The minimum atomic E-state index is -0.261. The molecule has 1 atom stereocenters. The summed E-state index contributed by atoms with van der Waals surface area (Å²) in [6.45, 7) is 4.36. The van der Waals surface area contributed by atoms with Crippen molar-refractivity contribution >= 4 is 18.5 Å². The van der Waals surface area contributed by atoms with E-state index in [2.05, 4.69) is 23.0 Å². The molecule has 0 spiro atoms. The molecule has 1 rings (SSSR count). The van der Waals surface area contributed by atoms with Crippen molar-refractivity contribution in [3.05, 3.63) is 18.0 Å². The van der Waals surface area contributed by atoms with E-state index in [0.717, 1.165) is 5.56 Å². The van der Waals surface area contributed by atoms with Crippen LogP contribution in [-0.4, -0.2) is 28.0 Å². The Hall–Kier alpha value is -0.970. The number of carbonyl (C=O) groups excluding carboxylic acids is 1. The van der Waals surface area contributed by atoms with Crippen molar-refractivity contribution in [2.45, 2.75) is 19.9 Å². The summed E-state index contributed by atoms with van der Waals surface area (Å²) in [5.74, 6) is 0.624. The normalized spacial score (nSPS) is 12.5. The van der Waals surface area contributed by atoms with Gasteiger partial charge in [0.1, 0.15) is 6.04 Å². The third-order valence-corrected chi connectivity index (χ3v) is 2.14. The summed E-state index contributed by atoms with van der Waals surface area (Å²) in [4.78, 5) is 11.5. The zero-order valence-electron chi connectivity index (χ0n) is 8.40. The maximum Gasteiger partial charge on any atom is 0.244 e. The molecule has 78 valence electrons. The quantitative estimate of drug-likeness (QED) is 0.727. The fourth-order valence-electron chi connectivity index (χ4n) is 1.09. The van der Waals surface area contributed by atoms with Crippen molar-refractivity contribution in [3.8, 4) is 0 Å². The predicted octanol–water partition coefficient (Wildman–Crippen LogP) is 0.799. The second kappa shape index (κ2) is 5.05. The molecule has 0 radical (unpaired) electrons. The summed E-state index contributed by atoms with van der Waals surface area (Å²) >= 11 is 4.02. The number of aryl methyl sites for hydroxylation is 1. The first-order valence-corrected chi connectivity index (χ1v) is 5.17. The molecule has 4 nitrogen and oxygen atoms in total. The van der Waals surface area contributed by atoms with Crippen LogP contribution in [0.4, 0.5) is 0 Å². The van der Waals surface area contributed by atoms with E-state index in [1.807, 2.05) is 20.0 Å². The van der Waals surface area contributed by atoms with Gasteiger partial charge in [-0.05, 0) is 19.4 Å². The molecule has 1 unspecified atom stereocenters. The molecule has 1 aromatic rings. The van der Waals surface area contributed by atoms with E-state index < -0.39 is 0 Å². The van der Waals surface area contributed by atoms with Crippen LogP contribution in [0, 0.1) is 6.92 Å². The largest absolute Gasteiger partial charge is 0.353 e. The lowest BCUT2D eigenvalue weighted by Crippen LogP contribution is -2.32. The van der Waals surface area contributed by atoms with Gasteiger partial charge in [-0.3, -0.25) is 9.48 Å². The highest BCUT2D eigenvalue weighted by atomic mass is 32.1. The van der Waals surface area contributed by atoms with Crippen molar-refractivity contribution < 1.29 is 4.79 Å². The molecule has 1 heterocycles. The highest BCUT2D eigenvalue weighted by Gasteiger charge is 2.14. The smallest absolute Gasteiger partial charge is 0.244 e. The van der Waals surface area contributed by atoms with Gasteiger partial charge in [-0.25, -0.2) is 0 Å². The lowest BCUT2D eigenvalue weighted by atomic mass is 10.3. The molecule has 0 aliphatic carbocycles.